The summed E-state index contributed by atoms with van der Waals surface area (Å²) in [6.07, 6.45) is 4.86. The van der Waals surface area contributed by atoms with Gasteiger partial charge in [-0.2, -0.15) is 0 Å². The summed E-state index contributed by atoms with van der Waals surface area (Å²) in [4.78, 5) is 85.2. The number of aliphatic carboxylic acids is 1. The van der Waals surface area contributed by atoms with E-state index in [4.69, 9.17) is 19.3 Å². The summed E-state index contributed by atoms with van der Waals surface area (Å²) >= 11 is 0. The number of carboxylic acids is 1. The number of carboxylic acid groups (broad SMARTS) is 1. The van der Waals surface area contributed by atoms with Crippen molar-refractivity contribution in [2.45, 2.75) is 78.6 Å². The van der Waals surface area contributed by atoms with Gasteiger partial charge in [-0.1, -0.05) is 45.8 Å². The summed E-state index contributed by atoms with van der Waals surface area (Å²) in [7, 11) is 0. The molecule has 0 bridgehead atoms. The van der Waals surface area contributed by atoms with Crippen molar-refractivity contribution < 1.29 is 52.9 Å². The molecule has 0 fully saturated rings. The zero-order valence-corrected chi connectivity index (χ0v) is 22.7. The second-order valence-corrected chi connectivity index (χ2v) is 9.91. The summed E-state index contributed by atoms with van der Waals surface area (Å²) in [6, 6.07) is 0. The molecule has 0 saturated carbocycles. The maximum atomic E-state index is 12.7. The van der Waals surface area contributed by atoms with Crippen LogP contribution in [0.15, 0.2) is 45.6 Å². The topological polar surface area (TPSA) is 167 Å². The fourth-order valence-corrected chi connectivity index (χ4v) is 4.92. The van der Waals surface area contributed by atoms with E-state index in [2.05, 4.69) is 0 Å². The van der Waals surface area contributed by atoms with Gasteiger partial charge < -0.3 is 19.3 Å². The van der Waals surface area contributed by atoms with Gasteiger partial charge >= 0.3 is 41.8 Å². The minimum atomic E-state index is -1.13. The average Bonchev–Trinajstić information content (AvgIpc) is 3.43. The molecule has 3 rings (SSSR count). The van der Waals surface area contributed by atoms with E-state index in [0.717, 1.165) is 0 Å². The standard InChI is InChI=1S/C29H32O11/c1-4-7-8-17-19(26(34)38-24(17)32)11-15(5-2)13-21-22(29(37)40-28(21)36)14-16(6-3)12-20-18(9-10-23(30)31)25(33)39-27(20)35/h7-8,15-16H,4-6,9-14H2,1-3H3,(H,30,31)/b8-7-. The predicted octanol–water partition coefficient (Wildman–Crippen LogP) is 3.57. The molecule has 3 heterocycles. The van der Waals surface area contributed by atoms with Gasteiger partial charge in [-0.3, -0.25) is 4.79 Å². The van der Waals surface area contributed by atoms with Crippen LogP contribution in [-0.2, 0) is 47.8 Å². The van der Waals surface area contributed by atoms with Crippen molar-refractivity contribution in [3.8, 4) is 0 Å². The molecule has 0 aromatic carbocycles. The number of allylic oxidation sites excluding steroid dienone is 1. The molecule has 11 heteroatoms. The van der Waals surface area contributed by atoms with Crippen molar-refractivity contribution in [2.75, 3.05) is 0 Å². The molecule has 40 heavy (non-hydrogen) atoms. The number of carbonyl (C=O) groups excluding carboxylic acids is 6. The molecule has 3 aliphatic rings. The second kappa shape index (κ2) is 13.3. The quantitative estimate of drug-likeness (QED) is 0.178. The van der Waals surface area contributed by atoms with Crippen LogP contribution in [0.4, 0.5) is 0 Å². The van der Waals surface area contributed by atoms with E-state index < -0.39 is 41.8 Å². The van der Waals surface area contributed by atoms with Crippen molar-refractivity contribution in [1.82, 2.24) is 0 Å². The van der Waals surface area contributed by atoms with Gasteiger partial charge in [0.05, 0.1) is 11.1 Å². The molecular formula is C29H32O11. The fraction of sp³-hybridized carbons (Fsp3) is 0.483. The van der Waals surface area contributed by atoms with Crippen molar-refractivity contribution in [3.63, 3.8) is 0 Å². The highest BCUT2D eigenvalue weighted by atomic mass is 16.6. The molecule has 0 radical (unpaired) electrons. The highest BCUT2D eigenvalue weighted by molar-refractivity contribution is 6.14. The minimum Gasteiger partial charge on any atom is -0.481 e. The first-order valence-corrected chi connectivity index (χ1v) is 13.3. The molecular weight excluding hydrogens is 524 g/mol. The third-order valence-corrected chi connectivity index (χ3v) is 7.30. The molecule has 2 unspecified atom stereocenters. The van der Waals surface area contributed by atoms with E-state index in [1.807, 2.05) is 20.8 Å². The lowest BCUT2D eigenvalue weighted by Crippen LogP contribution is -2.12. The number of ether oxygens (including phenoxy) is 3. The Morgan fingerprint density at radius 2 is 1.05 bits per heavy atom. The molecule has 0 aromatic rings. The van der Waals surface area contributed by atoms with Crippen LogP contribution in [0.2, 0.25) is 0 Å². The first kappa shape index (κ1) is 30.4. The highest BCUT2D eigenvalue weighted by Gasteiger charge is 2.39. The van der Waals surface area contributed by atoms with Crippen LogP contribution >= 0.6 is 0 Å². The lowest BCUT2D eigenvalue weighted by molar-refractivity contribution is -0.153. The first-order valence-electron chi connectivity index (χ1n) is 13.3. The van der Waals surface area contributed by atoms with Gasteiger partial charge in [0, 0.05) is 28.7 Å². The highest BCUT2D eigenvalue weighted by Crippen LogP contribution is 2.37. The monoisotopic (exact) mass is 556 g/mol. The predicted molar refractivity (Wildman–Crippen MR) is 137 cm³/mol. The normalized spacial score (nSPS) is 19.3. The number of hydrogen-bond donors (Lipinski definition) is 1. The molecule has 0 aliphatic carbocycles. The minimum absolute atomic E-state index is 0.00960. The Balaban J connectivity index is 1.85. The number of esters is 6. The van der Waals surface area contributed by atoms with Gasteiger partial charge in [-0.05, 0) is 50.4 Å². The summed E-state index contributed by atoms with van der Waals surface area (Å²) in [6.45, 7) is 5.57. The molecule has 1 N–H and O–H groups in total. The number of cyclic esters (lactones) is 6. The van der Waals surface area contributed by atoms with Crippen molar-refractivity contribution in [1.29, 1.82) is 0 Å². The third kappa shape index (κ3) is 6.88. The van der Waals surface area contributed by atoms with Gasteiger partial charge in [-0.15, -0.1) is 0 Å². The van der Waals surface area contributed by atoms with E-state index in [0.29, 0.717) is 19.3 Å². The van der Waals surface area contributed by atoms with Crippen LogP contribution in [-0.4, -0.2) is 46.9 Å². The molecule has 0 aromatic heterocycles. The summed E-state index contributed by atoms with van der Waals surface area (Å²) in [5.74, 6) is -6.50. The van der Waals surface area contributed by atoms with Crippen molar-refractivity contribution >= 4 is 41.8 Å². The average molecular weight is 557 g/mol. The molecule has 0 amide bonds. The molecule has 214 valence electrons. The molecule has 3 aliphatic heterocycles. The Kier molecular flexibility index (Phi) is 10.1. The Morgan fingerprint density at radius 1 is 0.650 bits per heavy atom. The lowest BCUT2D eigenvalue weighted by atomic mass is 9.84. The summed E-state index contributed by atoms with van der Waals surface area (Å²) < 4.78 is 14.4. The van der Waals surface area contributed by atoms with Crippen LogP contribution < -0.4 is 0 Å². The smallest absolute Gasteiger partial charge is 0.346 e. The van der Waals surface area contributed by atoms with Gasteiger partial charge in [0.1, 0.15) is 0 Å². The van der Waals surface area contributed by atoms with Crippen LogP contribution in [0.5, 0.6) is 0 Å². The van der Waals surface area contributed by atoms with E-state index in [9.17, 15) is 33.6 Å². The lowest BCUT2D eigenvalue weighted by Gasteiger charge is -2.17. The van der Waals surface area contributed by atoms with E-state index >= 15 is 0 Å². The number of hydrogen-bond acceptors (Lipinski definition) is 10. The van der Waals surface area contributed by atoms with Crippen molar-refractivity contribution in [3.05, 3.63) is 45.6 Å². The van der Waals surface area contributed by atoms with E-state index in [1.165, 1.54) is 0 Å². The zero-order chi connectivity index (χ0) is 29.6. The van der Waals surface area contributed by atoms with Gasteiger partial charge in [-0.25, -0.2) is 28.8 Å². The Labute approximate surface area is 230 Å². The van der Waals surface area contributed by atoms with Gasteiger partial charge in [0.15, 0.2) is 0 Å². The number of rotatable bonds is 15. The molecule has 2 atom stereocenters. The molecule has 0 spiro atoms. The largest absolute Gasteiger partial charge is 0.481 e. The van der Waals surface area contributed by atoms with Crippen molar-refractivity contribution in [2.24, 2.45) is 11.8 Å². The fourth-order valence-electron chi connectivity index (χ4n) is 4.92. The maximum absolute atomic E-state index is 12.7. The Hall–Kier alpha value is -4.15. The first-order chi connectivity index (χ1) is 19.0. The summed E-state index contributed by atoms with van der Waals surface area (Å²) in [5.41, 5.74) is 0.817. The van der Waals surface area contributed by atoms with E-state index in [1.54, 1.807) is 12.2 Å². The number of carbonyl (C=O) groups is 7. The van der Waals surface area contributed by atoms with Gasteiger partial charge in [0.25, 0.3) is 0 Å². The maximum Gasteiger partial charge on any atom is 0.346 e. The molecule has 0 saturated heterocycles. The van der Waals surface area contributed by atoms with Crippen LogP contribution in [0, 0.1) is 11.8 Å². The van der Waals surface area contributed by atoms with Crippen LogP contribution in [0.3, 0.4) is 0 Å². The third-order valence-electron chi connectivity index (χ3n) is 7.30. The van der Waals surface area contributed by atoms with Gasteiger partial charge in [0.2, 0.25) is 0 Å². The Bertz CT molecular complexity index is 1270. The van der Waals surface area contributed by atoms with Crippen LogP contribution in [0.25, 0.3) is 0 Å². The van der Waals surface area contributed by atoms with E-state index in [-0.39, 0.29) is 83.8 Å². The SMILES string of the molecule is CC/C=C\C1=C(CC(CC)CC2=C(CC(CC)CC3=C(CCC(=O)O)C(=O)OC3=O)C(=O)OC2=O)C(=O)OC1=O. The molecule has 11 nitrogen and oxygen atoms in total. The van der Waals surface area contributed by atoms with Crippen LogP contribution in [0.1, 0.15) is 78.6 Å². The second-order valence-electron chi connectivity index (χ2n) is 9.91. The summed E-state index contributed by atoms with van der Waals surface area (Å²) in [5, 5.41) is 8.98. The zero-order valence-electron chi connectivity index (χ0n) is 22.7. The Morgan fingerprint density at radius 3 is 1.50 bits per heavy atom.